The van der Waals surface area contributed by atoms with E-state index in [2.05, 4.69) is 5.10 Å². The van der Waals surface area contributed by atoms with Gasteiger partial charge in [0.2, 0.25) is 0 Å². The Kier molecular flexibility index (Phi) is 6.63. The maximum Gasteiger partial charge on any atom is 0.410 e. The first-order valence-corrected chi connectivity index (χ1v) is 10.4. The van der Waals surface area contributed by atoms with E-state index in [1.807, 2.05) is 24.3 Å². The van der Waals surface area contributed by atoms with E-state index >= 15 is 0 Å². The first-order chi connectivity index (χ1) is 14.2. The average Bonchev–Trinajstić information content (AvgIpc) is 3.00. The fourth-order valence-corrected chi connectivity index (χ4v) is 3.69. The third-order valence-electron chi connectivity index (χ3n) is 5.09. The van der Waals surface area contributed by atoms with Crippen LogP contribution >= 0.6 is 0 Å². The smallest absolute Gasteiger partial charge is 0.410 e. The van der Waals surface area contributed by atoms with Crippen molar-refractivity contribution in [2.24, 2.45) is 5.92 Å². The number of ether oxygens (including phenoxy) is 2. The molecule has 2 heterocycles. The number of rotatable bonds is 5. The summed E-state index contributed by atoms with van der Waals surface area (Å²) < 4.78 is 27.1. The van der Waals surface area contributed by atoms with Crippen molar-refractivity contribution in [1.82, 2.24) is 14.7 Å². The van der Waals surface area contributed by atoms with Gasteiger partial charge in [0.1, 0.15) is 11.8 Å². The molecule has 1 amide bonds. The molecule has 1 aliphatic heterocycles. The van der Waals surface area contributed by atoms with Crippen LogP contribution in [-0.4, -0.2) is 58.2 Å². The van der Waals surface area contributed by atoms with Crippen molar-refractivity contribution in [3.05, 3.63) is 30.0 Å². The fourth-order valence-electron chi connectivity index (χ4n) is 3.69. The molecule has 3 rings (SSSR count). The number of fused-ring (bicyclic) bond motifs is 1. The van der Waals surface area contributed by atoms with Gasteiger partial charge in [-0.25, -0.2) is 9.18 Å². The Morgan fingerprint density at radius 3 is 2.67 bits per heavy atom. The molecule has 7 nitrogen and oxygen atoms in total. The Balaban J connectivity index is 1.71. The van der Waals surface area contributed by atoms with Gasteiger partial charge in [-0.3, -0.25) is 9.48 Å². The van der Waals surface area contributed by atoms with Crippen LogP contribution in [-0.2, 0) is 27.2 Å². The number of nitrogens with zero attached hydrogens (tertiary/aromatic N) is 3. The lowest BCUT2D eigenvalue weighted by atomic mass is 9.95. The predicted octanol–water partition coefficient (Wildman–Crippen LogP) is 3.74. The number of alkyl halides is 1. The van der Waals surface area contributed by atoms with Gasteiger partial charge in [-0.15, -0.1) is 0 Å². The highest BCUT2D eigenvalue weighted by atomic mass is 19.1. The van der Waals surface area contributed by atoms with Gasteiger partial charge < -0.3 is 14.4 Å². The minimum absolute atomic E-state index is 0.00840. The van der Waals surface area contributed by atoms with Gasteiger partial charge in [-0.05, 0) is 40.2 Å². The first-order valence-electron chi connectivity index (χ1n) is 10.4. The zero-order chi connectivity index (χ0) is 21.9. The molecule has 2 unspecified atom stereocenters. The number of likely N-dealkylation sites (tertiary alicyclic amines) is 1. The third kappa shape index (κ3) is 5.29. The van der Waals surface area contributed by atoms with Crippen LogP contribution in [0.25, 0.3) is 10.9 Å². The van der Waals surface area contributed by atoms with Crippen LogP contribution in [0.5, 0.6) is 0 Å². The summed E-state index contributed by atoms with van der Waals surface area (Å²) in [6.45, 7) is 8.29. The Hall–Kier alpha value is -2.64. The van der Waals surface area contributed by atoms with Crippen molar-refractivity contribution in [2.45, 2.75) is 58.9 Å². The van der Waals surface area contributed by atoms with Crippen LogP contribution in [0, 0.1) is 5.92 Å². The Morgan fingerprint density at radius 2 is 2.00 bits per heavy atom. The predicted molar refractivity (Wildman–Crippen MR) is 111 cm³/mol. The van der Waals surface area contributed by atoms with Gasteiger partial charge in [0.05, 0.1) is 30.8 Å². The van der Waals surface area contributed by atoms with E-state index in [0.29, 0.717) is 31.8 Å². The summed E-state index contributed by atoms with van der Waals surface area (Å²) in [7, 11) is 0. The maximum atomic E-state index is 14.9. The lowest BCUT2D eigenvalue weighted by Crippen LogP contribution is -2.47. The van der Waals surface area contributed by atoms with Crippen molar-refractivity contribution < 1.29 is 23.5 Å². The molecular weight excluding hydrogens is 389 g/mol. The molecule has 1 aliphatic rings. The number of halogens is 1. The van der Waals surface area contributed by atoms with Gasteiger partial charge in [-0.2, -0.15) is 5.10 Å². The zero-order valence-corrected chi connectivity index (χ0v) is 18.1. The lowest BCUT2D eigenvalue weighted by Gasteiger charge is -2.35. The number of benzene rings is 1. The Labute approximate surface area is 176 Å². The maximum absolute atomic E-state index is 14.9. The Morgan fingerprint density at radius 1 is 1.27 bits per heavy atom. The average molecular weight is 419 g/mol. The summed E-state index contributed by atoms with van der Waals surface area (Å²) in [6.07, 6.45) is -1.06. The number of hydrogen-bond donors (Lipinski definition) is 0. The molecule has 1 saturated heterocycles. The van der Waals surface area contributed by atoms with Crippen LogP contribution in [0.15, 0.2) is 24.3 Å². The highest BCUT2D eigenvalue weighted by molar-refractivity contribution is 5.86. The molecule has 0 saturated carbocycles. The van der Waals surface area contributed by atoms with Crippen LogP contribution in [0.1, 0.15) is 39.8 Å². The molecule has 0 radical (unpaired) electrons. The largest absolute Gasteiger partial charge is 0.466 e. The van der Waals surface area contributed by atoms with E-state index in [1.165, 1.54) is 4.90 Å². The standard InChI is InChI=1S/C22H30FN3O4/c1-5-29-20(27)12-18-16-8-6-7-9-19(16)26(24-18)13-15-10-11-25(14-17(15)23)21(28)30-22(2,3)4/h6-9,15,17H,5,10-14H2,1-4H3. The molecule has 0 N–H and O–H groups in total. The molecule has 2 aromatic rings. The van der Waals surface area contributed by atoms with Crippen molar-refractivity contribution in [2.75, 3.05) is 19.7 Å². The fraction of sp³-hybridized carbons (Fsp3) is 0.591. The molecule has 2 atom stereocenters. The van der Waals surface area contributed by atoms with Gasteiger partial charge in [0.15, 0.2) is 0 Å². The molecule has 1 aromatic heterocycles. The molecular formula is C22H30FN3O4. The summed E-state index contributed by atoms with van der Waals surface area (Å²) in [5, 5.41) is 5.45. The van der Waals surface area contributed by atoms with Gasteiger partial charge in [0, 0.05) is 24.4 Å². The van der Waals surface area contributed by atoms with Crippen molar-refractivity contribution >= 4 is 23.0 Å². The monoisotopic (exact) mass is 419 g/mol. The minimum atomic E-state index is -1.18. The lowest BCUT2D eigenvalue weighted by molar-refractivity contribution is -0.142. The van der Waals surface area contributed by atoms with Crippen LogP contribution in [0.2, 0.25) is 0 Å². The first kappa shape index (κ1) is 22.1. The van der Waals surface area contributed by atoms with Crippen molar-refractivity contribution in [3.63, 3.8) is 0 Å². The van der Waals surface area contributed by atoms with Gasteiger partial charge in [-0.1, -0.05) is 18.2 Å². The van der Waals surface area contributed by atoms with Gasteiger partial charge >= 0.3 is 12.1 Å². The number of piperidine rings is 1. The summed E-state index contributed by atoms with van der Waals surface area (Å²) in [5.74, 6) is -0.607. The molecule has 1 aromatic carbocycles. The molecule has 0 aliphatic carbocycles. The van der Waals surface area contributed by atoms with Crippen LogP contribution in [0.3, 0.4) is 0 Å². The van der Waals surface area contributed by atoms with Crippen LogP contribution in [0.4, 0.5) is 9.18 Å². The second-order valence-electron chi connectivity index (χ2n) is 8.62. The molecule has 0 bridgehead atoms. The van der Waals surface area contributed by atoms with E-state index in [1.54, 1.807) is 32.4 Å². The second kappa shape index (κ2) is 9.02. The quantitative estimate of drug-likeness (QED) is 0.691. The second-order valence-corrected chi connectivity index (χ2v) is 8.62. The number of carbonyl (C=O) groups excluding carboxylic acids is 2. The third-order valence-corrected chi connectivity index (χ3v) is 5.09. The highest BCUT2D eigenvalue weighted by Gasteiger charge is 2.34. The highest BCUT2D eigenvalue weighted by Crippen LogP contribution is 2.27. The number of esters is 1. The van der Waals surface area contributed by atoms with Crippen LogP contribution < -0.4 is 0 Å². The molecule has 164 valence electrons. The van der Waals surface area contributed by atoms with E-state index in [-0.39, 0.29) is 24.9 Å². The number of amides is 1. The molecule has 8 heteroatoms. The van der Waals surface area contributed by atoms with E-state index in [4.69, 9.17) is 9.47 Å². The minimum Gasteiger partial charge on any atom is -0.466 e. The summed E-state index contributed by atoms with van der Waals surface area (Å²) in [5.41, 5.74) is 0.882. The van der Waals surface area contributed by atoms with E-state index in [0.717, 1.165) is 10.9 Å². The zero-order valence-electron chi connectivity index (χ0n) is 18.1. The summed E-state index contributed by atoms with van der Waals surface area (Å²) in [6, 6.07) is 7.61. The van der Waals surface area contributed by atoms with E-state index < -0.39 is 17.9 Å². The number of aromatic nitrogens is 2. The summed E-state index contributed by atoms with van der Waals surface area (Å²) >= 11 is 0. The SMILES string of the molecule is CCOC(=O)Cc1nn(CC2CCN(C(=O)OC(C)(C)C)CC2F)c2ccccc12. The molecule has 30 heavy (non-hydrogen) atoms. The van der Waals surface area contributed by atoms with E-state index in [9.17, 15) is 14.0 Å². The molecule has 1 fully saturated rings. The number of para-hydroxylation sites is 1. The topological polar surface area (TPSA) is 73.7 Å². The van der Waals surface area contributed by atoms with Crippen molar-refractivity contribution in [3.8, 4) is 0 Å². The normalized spacial score (nSPS) is 19.7. The Bertz CT molecular complexity index is 905. The van der Waals surface area contributed by atoms with Crippen molar-refractivity contribution in [1.29, 1.82) is 0 Å². The summed E-state index contributed by atoms with van der Waals surface area (Å²) in [4.78, 5) is 25.6. The molecule has 0 spiro atoms. The van der Waals surface area contributed by atoms with Gasteiger partial charge in [0.25, 0.3) is 0 Å². The number of carbonyl (C=O) groups is 2. The number of hydrogen-bond acceptors (Lipinski definition) is 5.